The maximum atomic E-state index is 12.6. The number of nitrogens with zero attached hydrogens (tertiary/aromatic N) is 1. The molecule has 0 amide bonds. The zero-order valence-electron chi connectivity index (χ0n) is 14.4. The first-order chi connectivity index (χ1) is 11.6. The van der Waals surface area contributed by atoms with E-state index in [-0.39, 0.29) is 12.3 Å². The predicted molar refractivity (Wildman–Crippen MR) is 96.4 cm³/mol. The van der Waals surface area contributed by atoms with Crippen LogP contribution in [0.1, 0.15) is 27.7 Å². The molecule has 6 nitrogen and oxygen atoms in total. The summed E-state index contributed by atoms with van der Waals surface area (Å²) in [6.45, 7) is 7.22. The molecule has 1 heterocycles. The molecule has 0 radical (unpaired) electrons. The van der Waals surface area contributed by atoms with E-state index >= 15 is 0 Å². The molecule has 8 heteroatoms. The first-order valence-electron chi connectivity index (χ1n) is 7.75. The molecule has 136 valence electrons. The molecule has 0 saturated heterocycles. The Morgan fingerprint density at radius 2 is 1.96 bits per heavy atom. The number of carbonyl (C=O) groups is 2. The minimum Gasteiger partial charge on any atom is -0.461 e. The molecule has 1 atom stereocenters. The Balaban J connectivity index is 2.36. The predicted octanol–water partition coefficient (Wildman–Crippen LogP) is 3.48. The first kappa shape index (κ1) is 19.4. The van der Waals surface area contributed by atoms with E-state index in [1.54, 1.807) is 45.9 Å². The molecule has 0 saturated carbocycles. The molecule has 25 heavy (non-hydrogen) atoms. The average Bonchev–Trinajstić information content (AvgIpc) is 2.91. The standard InChI is InChI=1S/C17H20Cl2N2O4/c1-5-24-15(22)12-9-14(16(23)25-17(2,3)4)21(20-12)13-7-6-10(18)8-11(13)19/h6-9,14,20H,5H2,1-4H3. The smallest absolute Gasteiger partial charge is 0.355 e. The van der Waals surface area contributed by atoms with Crippen LogP contribution >= 0.6 is 23.2 Å². The van der Waals surface area contributed by atoms with Crippen molar-refractivity contribution in [3.63, 3.8) is 0 Å². The number of carbonyl (C=O) groups excluding carboxylic acids is 2. The summed E-state index contributed by atoms with van der Waals surface area (Å²) in [6, 6.07) is 3.96. The number of halogens is 2. The highest BCUT2D eigenvalue weighted by molar-refractivity contribution is 6.36. The van der Waals surface area contributed by atoms with Crippen molar-refractivity contribution < 1.29 is 19.1 Å². The number of anilines is 1. The van der Waals surface area contributed by atoms with Crippen LogP contribution in [0.2, 0.25) is 10.0 Å². The highest BCUT2D eigenvalue weighted by atomic mass is 35.5. The molecule has 0 aliphatic carbocycles. The van der Waals surface area contributed by atoms with Crippen molar-refractivity contribution in [1.29, 1.82) is 0 Å². The summed E-state index contributed by atoms with van der Waals surface area (Å²) in [5.74, 6) is -1.09. The van der Waals surface area contributed by atoms with Gasteiger partial charge in [0.25, 0.3) is 0 Å². The van der Waals surface area contributed by atoms with Crippen LogP contribution < -0.4 is 10.4 Å². The van der Waals surface area contributed by atoms with Gasteiger partial charge in [0, 0.05) is 5.02 Å². The summed E-state index contributed by atoms with van der Waals surface area (Å²) < 4.78 is 10.4. The molecular formula is C17H20Cl2N2O4. The summed E-state index contributed by atoms with van der Waals surface area (Å²) >= 11 is 12.2. The van der Waals surface area contributed by atoms with E-state index in [1.807, 2.05) is 0 Å². The van der Waals surface area contributed by atoms with Gasteiger partial charge in [-0.25, -0.2) is 9.59 Å². The molecule has 1 aromatic rings. The maximum Gasteiger partial charge on any atom is 0.355 e. The highest BCUT2D eigenvalue weighted by Crippen LogP contribution is 2.32. The summed E-state index contributed by atoms with van der Waals surface area (Å²) in [5.41, 5.74) is 2.81. The summed E-state index contributed by atoms with van der Waals surface area (Å²) in [4.78, 5) is 24.6. The van der Waals surface area contributed by atoms with Gasteiger partial charge in [-0.1, -0.05) is 23.2 Å². The van der Waals surface area contributed by atoms with Gasteiger partial charge < -0.3 is 9.47 Å². The minimum absolute atomic E-state index is 0.142. The van der Waals surface area contributed by atoms with Crippen LogP contribution in [0.4, 0.5) is 5.69 Å². The molecule has 1 aromatic carbocycles. The SMILES string of the molecule is CCOC(=O)C1=CC(C(=O)OC(C)(C)C)N(c2ccc(Cl)cc2Cl)N1. The van der Waals surface area contributed by atoms with Crippen LogP contribution in [-0.2, 0) is 19.1 Å². The van der Waals surface area contributed by atoms with Gasteiger partial charge in [0.05, 0.1) is 17.3 Å². The zero-order chi connectivity index (χ0) is 18.8. The molecule has 1 N–H and O–H groups in total. The van der Waals surface area contributed by atoms with Crippen molar-refractivity contribution in [2.45, 2.75) is 39.3 Å². The number of hydrogen-bond acceptors (Lipinski definition) is 6. The fourth-order valence-electron chi connectivity index (χ4n) is 2.21. The van der Waals surface area contributed by atoms with Crippen molar-refractivity contribution in [2.75, 3.05) is 11.6 Å². The fraction of sp³-hybridized carbons (Fsp3) is 0.412. The Labute approximate surface area is 156 Å². The van der Waals surface area contributed by atoms with E-state index in [0.29, 0.717) is 15.7 Å². The average molecular weight is 387 g/mol. The number of hydrogen-bond donors (Lipinski definition) is 1. The van der Waals surface area contributed by atoms with Gasteiger partial charge in [-0.3, -0.25) is 10.4 Å². The van der Waals surface area contributed by atoms with Crippen molar-refractivity contribution >= 4 is 40.8 Å². The third-order valence-electron chi connectivity index (χ3n) is 3.16. The number of rotatable bonds is 4. The second-order valence-electron chi connectivity index (χ2n) is 6.36. The van der Waals surface area contributed by atoms with E-state index in [1.165, 1.54) is 11.1 Å². The molecule has 0 fully saturated rings. The third kappa shape index (κ3) is 4.80. The number of nitrogens with one attached hydrogen (secondary N) is 1. The van der Waals surface area contributed by atoms with Gasteiger partial charge in [0.1, 0.15) is 11.3 Å². The van der Waals surface area contributed by atoms with Gasteiger partial charge >= 0.3 is 11.9 Å². The quantitative estimate of drug-likeness (QED) is 0.798. The van der Waals surface area contributed by atoms with Gasteiger partial charge in [0.15, 0.2) is 6.04 Å². The largest absolute Gasteiger partial charge is 0.461 e. The van der Waals surface area contributed by atoms with Crippen LogP contribution in [0.3, 0.4) is 0 Å². The normalized spacial score (nSPS) is 17.0. The van der Waals surface area contributed by atoms with Crippen molar-refractivity contribution in [3.8, 4) is 0 Å². The Morgan fingerprint density at radius 3 is 2.52 bits per heavy atom. The second kappa shape index (κ2) is 7.54. The van der Waals surface area contributed by atoms with E-state index in [2.05, 4.69) is 5.43 Å². The van der Waals surface area contributed by atoms with E-state index in [9.17, 15) is 9.59 Å². The topological polar surface area (TPSA) is 67.9 Å². The molecule has 0 aromatic heterocycles. The summed E-state index contributed by atoms with van der Waals surface area (Å²) in [5, 5.41) is 2.24. The maximum absolute atomic E-state index is 12.6. The van der Waals surface area contributed by atoms with Gasteiger partial charge in [-0.2, -0.15) is 0 Å². The molecule has 1 unspecified atom stereocenters. The number of hydrazine groups is 1. The van der Waals surface area contributed by atoms with Crippen LogP contribution in [0, 0.1) is 0 Å². The van der Waals surface area contributed by atoms with Crippen LogP contribution in [0.15, 0.2) is 30.0 Å². The highest BCUT2D eigenvalue weighted by Gasteiger charge is 2.37. The second-order valence-corrected chi connectivity index (χ2v) is 7.20. The molecule has 1 aliphatic heterocycles. The third-order valence-corrected chi connectivity index (χ3v) is 3.69. The first-order valence-corrected chi connectivity index (χ1v) is 8.50. The van der Waals surface area contributed by atoms with E-state index < -0.39 is 23.6 Å². The van der Waals surface area contributed by atoms with Gasteiger partial charge in [-0.05, 0) is 52.0 Å². The molecule has 1 aliphatic rings. The van der Waals surface area contributed by atoms with Crippen molar-refractivity contribution in [3.05, 3.63) is 40.0 Å². The van der Waals surface area contributed by atoms with Gasteiger partial charge in [0.2, 0.25) is 0 Å². The fourth-order valence-corrected chi connectivity index (χ4v) is 2.71. The molecule has 0 bridgehead atoms. The van der Waals surface area contributed by atoms with E-state index in [4.69, 9.17) is 32.7 Å². The Bertz CT molecular complexity index is 713. The lowest BCUT2D eigenvalue weighted by Gasteiger charge is -2.29. The van der Waals surface area contributed by atoms with Crippen molar-refractivity contribution in [2.24, 2.45) is 0 Å². The Kier molecular flexibility index (Phi) is 5.85. The molecule has 0 spiro atoms. The lowest BCUT2D eigenvalue weighted by molar-refractivity contribution is -0.155. The van der Waals surface area contributed by atoms with Crippen LogP contribution in [-0.4, -0.2) is 30.2 Å². The number of benzene rings is 1. The van der Waals surface area contributed by atoms with E-state index in [0.717, 1.165) is 0 Å². The Morgan fingerprint density at radius 1 is 1.28 bits per heavy atom. The molecular weight excluding hydrogens is 367 g/mol. The lowest BCUT2D eigenvalue weighted by atomic mass is 10.1. The summed E-state index contributed by atoms with van der Waals surface area (Å²) in [7, 11) is 0. The van der Waals surface area contributed by atoms with Crippen LogP contribution in [0.25, 0.3) is 0 Å². The Hall–Kier alpha value is -1.92. The lowest BCUT2D eigenvalue weighted by Crippen LogP contribution is -2.46. The minimum atomic E-state index is -0.877. The monoisotopic (exact) mass is 386 g/mol. The number of ether oxygens (including phenoxy) is 2. The van der Waals surface area contributed by atoms with Crippen LogP contribution in [0.5, 0.6) is 0 Å². The summed E-state index contributed by atoms with van der Waals surface area (Å²) in [6.07, 6.45) is 1.46. The van der Waals surface area contributed by atoms with Crippen molar-refractivity contribution in [1.82, 2.24) is 5.43 Å². The zero-order valence-corrected chi connectivity index (χ0v) is 15.9. The number of esters is 2. The van der Waals surface area contributed by atoms with Gasteiger partial charge in [-0.15, -0.1) is 0 Å². The molecule has 2 rings (SSSR count).